The number of fused-ring (bicyclic) bond motifs is 2. The molecular formula is C17H16ClNO3. The van der Waals surface area contributed by atoms with Crippen LogP contribution < -0.4 is 10.7 Å². The molecule has 114 valence electrons. The van der Waals surface area contributed by atoms with Gasteiger partial charge in [0.05, 0.1) is 10.8 Å². The third-order valence-corrected chi connectivity index (χ3v) is 3.77. The van der Waals surface area contributed by atoms with Gasteiger partial charge in [-0.1, -0.05) is 17.7 Å². The molecule has 0 saturated carbocycles. The summed E-state index contributed by atoms with van der Waals surface area (Å²) in [4.78, 5) is 12.6. The first-order valence-corrected chi connectivity index (χ1v) is 7.53. The van der Waals surface area contributed by atoms with Crippen molar-refractivity contribution in [2.45, 2.75) is 13.0 Å². The number of rotatable bonds is 5. The molecule has 22 heavy (non-hydrogen) atoms. The molecule has 4 nitrogen and oxygen atoms in total. The summed E-state index contributed by atoms with van der Waals surface area (Å²) in [6.45, 7) is 1.55. The Bertz CT molecular complexity index is 873. The van der Waals surface area contributed by atoms with Gasteiger partial charge in [-0.05, 0) is 42.8 Å². The smallest absolute Gasteiger partial charge is 0.200 e. The highest BCUT2D eigenvalue weighted by atomic mass is 35.5. The van der Waals surface area contributed by atoms with Crippen LogP contribution in [0.5, 0.6) is 0 Å². The zero-order chi connectivity index (χ0) is 15.5. The van der Waals surface area contributed by atoms with Gasteiger partial charge in [0, 0.05) is 24.2 Å². The Balaban J connectivity index is 2.01. The fourth-order valence-corrected chi connectivity index (χ4v) is 2.58. The molecule has 0 radical (unpaired) electrons. The van der Waals surface area contributed by atoms with E-state index in [9.17, 15) is 4.79 Å². The standard InChI is InChI=1S/C17H16ClNO3/c18-12-3-4-13-16(9-12)22-15-5-2-11(8-14(15)17(13)21)10-19-6-1-7-20/h2-5,8-9,19-20H,1,6-7,10H2. The van der Waals surface area contributed by atoms with Gasteiger partial charge in [0.15, 0.2) is 0 Å². The molecule has 0 fully saturated rings. The maximum Gasteiger partial charge on any atom is 0.200 e. The molecule has 3 aromatic rings. The minimum atomic E-state index is -0.0508. The Morgan fingerprint density at radius 1 is 1.09 bits per heavy atom. The van der Waals surface area contributed by atoms with E-state index >= 15 is 0 Å². The lowest BCUT2D eigenvalue weighted by molar-refractivity contribution is 0.286. The van der Waals surface area contributed by atoms with Gasteiger partial charge in [0.2, 0.25) is 5.43 Å². The van der Waals surface area contributed by atoms with Crippen molar-refractivity contribution in [2.75, 3.05) is 13.2 Å². The molecule has 0 aliphatic rings. The van der Waals surface area contributed by atoms with Crippen molar-refractivity contribution in [2.24, 2.45) is 0 Å². The van der Waals surface area contributed by atoms with Crippen LogP contribution in [0.4, 0.5) is 0 Å². The van der Waals surface area contributed by atoms with Crippen molar-refractivity contribution in [1.82, 2.24) is 5.32 Å². The molecule has 0 bridgehead atoms. The van der Waals surface area contributed by atoms with E-state index in [1.807, 2.05) is 12.1 Å². The monoisotopic (exact) mass is 317 g/mol. The van der Waals surface area contributed by atoms with Gasteiger partial charge >= 0.3 is 0 Å². The van der Waals surface area contributed by atoms with Crippen LogP contribution in [0.3, 0.4) is 0 Å². The van der Waals surface area contributed by atoms with Gasteiger partial charge in [0.1, 0.15) is 11.2 Å². The second-order valence-corrected chi connectivity index (χ2v) is 5.59. The van der Waals surface area contributed by atoms with Gasteiger partial charge in [-0.2, -0.15) is 0 Å². The summed E-state index contributed by atoms with van der Waals surface area (Å²) < 4.78 is 5.77. The normalized spacial score (nSPS) is 11.4. The van der Waals surface area contributed by atoms with Gasteiger partial charge in [0.25, 0.3) is 0 Å². The highest BCUT2D eigenvalue weighted by Crippen LogP contribution is 2.22. The van der Waals surface area contributed by atoms with Crippen molar-refractivity contribution in [1.29, 1.82) is 0 Å². The third kappa shape index (κ3) is 2.99. The quantitative estimate of drug-likeness (QED) is 0.561. The van der Waals surface area contributed by atoms with Crippen LogP contribution in [-0.2, 0) is 6.54 Å². The topological polar surface area (TPSA) is 62.5 Å². The molecule has 5 heteroatoms. The Morgan fingerprint density at radius 2 is 1.95 bits per heavy atom. The Hall–Kier alpha value is -1.88. The third-order valence-electron chi connectivity index (χ3n) is 3.54. The molecule has 0 aliphatic carbocycles. The van der Waals surface area contributed by atoms with Crippen LogP contribution in [0.2, 0.25) is 5.02 Å². The molecule has 0 atom stereocenters. The maximum atomic E-state index is 12.6. The van der Waals surface area contributed by atoms with Crippen molar-refractivity contribution in [3.8, 4) is 0 Å². The molecule has 1 heterocycles. The molecule has 0 saturated heterocycles. The van der Waals surface area contributed by atoms with Gasteiger partial charge < -0.3 is 14.8 Å². The lowest BCUT2D eigenvalue weighted by Crippen LogP contribution is -2.15. The van der Waals surface area contributed by atoms with E-state index in [2.05, 4.69) is 5.32 Å². The van der Waals surface area contributed by atoms with E-state index in [1.54, 1.807) is 24.3 Å². The van der Waals surface area contributed by atoms with E-state index in [0.717, 1.165) is 12.1 Å². The molecule has 0 amide bonds. The number of benzene rings is 2. The lowest BCUT2D eigenvalue weighted by Gasteiger charge is -2.06. The average molecular weight is 318 g/mol. The second kappa shape index (κ2) is 6.48. The number of aliphatic hydroxyl groups excluding tert-OH is 1. The Kier molecular flexibility index (Phi) is 4.43. The largest absolute Gasteiger partial charge is 0.456 e. The van der Waals surface area contributed by atoms with Crippen molar-refractivity contribution >= 4 is 33.5 Å². The highest BCUT2D eigenvalue weighted by molar-refractivity contribution is 6.31. The molecule has 0 spiro atoms. The van der Waals surface area contributed by atoms with E-state index in [4.69, 9.17) is 21.1 Å². The summed E-state index contributed by atoms with van der Waals surface area (Å²) in [7, 11) is 0. The highest BCUT2D eigenvalue weighted by Gasteiger charge is 2.08. The molecule has 1 aromatic heterocycles. The molecule has 2 aromatic carbocycles. The average Bonchev–Trinajstić information content (AvgIpc) is 2.52. The molecule has 0 aliphatic heterocycles. The first-order chi connectivity index (χ1) is 10.7. The first kappa shape index (κ1) is 15.0. The SMILES string of the molecule is O=c1c2ccc(Cl)cc2oc2ccc(CNCCCO)cc12. The van der Waals surface area contributed by atoms with Crippen LogP contribution in [0.15, 0.2) is 45.6 Å². The van der Waals surface area contributed by atoms with E-state index in [-0.39, 0.29) is 12.0 Å². The number of aliphatic hydroxyl groups is 1. The van der Waals surface area contributed by atoms with Gasteiger partial charge in [-0.3, -0.25) is 4.79 Å². The predicted molar refractivity (Wildman–Crippen MR) is 88.4 cm³/mol. The number of halogens is 1. The summed E-state index contributed by atoms with van der Waals surface area (Å²) in [5.41, 5.74) is 2.01. The fourth-order valence-electron chi connectivity index (χ4n) is 2.42. The Labute approximate surface area is 132 Å². The molecule has 3 rings (SSSR count). The molecular weight excluding hydrogens is 302 g/mol. The minimum Gasteiger partial charge on any atom is -0.456 e. The minimum absolute atomic E-state index is 0.0508. The molecule has 0 unspecified atom stereocenters. The summed E-state index contributed by atoms with van der Waals surface area (Å²) in [6, 6.07) is 10.6. The molecule has 2 N–H and O–H groups in total. The van der Waals surface area contributed by atoms with E-state index < -0.39 is 0 Å². The van der Waals surface area contributed by atoms with Crippen molar-refractivity contribution in [3.63, 3.8) is 0 Å². The zero-order valence-electron chi connectivity index (χ0n) is 11.9. The van der Waals surface area contributed by atoms with Crippen LogP contribution >= 0.6 is 11.6 Å². The van der Waals surface area contributed by atoms with Crippen LogP contribution in [0, 0.1) is 0 Å². The Morgan fingerprint density at radius 3 is 2.77 bits per heavy atom. The zero-order valence-corrected chi connectivity index (χ0v) is 12.7. The summed E-state index contributed by atoms with van der Waals surface area (Å²) in [6.07, 6.45) is 0.709. The van der Waals surface area contributed by atoms with E-state index in [1.165, 1.54) is 0 Å². The van der Waals surface area contributed by atoms with Crippen molar-refractivity contribution < 1.29 is 9.52 Å². The first-order valence-electron chi connectivity index (χ1n) is 7.15. The summed E-state index contributed by atoms with van der Waals surface area (Å²) >= 11 is 5.94. The van der Waals surface area contributed by atoms with Gasteiger partial charge in [-0.25, -0.2) is 0 Å². The maximum absolute atomic E-state index is 12.6. The van der Waals surface area contributed by atoms with Crippen LogP contribution in [0.25, 0.3) is 21.9 Å². The summed E-state index contributed by atoms with van der Waals surface area (Å²) in [5, 5.41) is 13.6. The predicted octanol–water partition coefficient (Wildman–Crippen LogP) is 3.07. The number of hydrogen-bond acceptors (Lipinski definition) is 4. The number of hydrogen-bond donors (Lipinski definition) is 2. The van der Waals surface area contributed by atoms with Crippen LogP contribution in [0.1, 0.15) is 12.0 Å². The number of nitrogens with one attached hydrogen (secondary N) is 1. The summed E-state index contributed by atoms with van der Waals surface area (Å²) in [5.74, 6) is 0. The van der Waals surface area contributed by atoms with E-state index in [0.29, 0.717) is 39.9 Å². The van der Waals surface area contributed by atoms with Crippen molar-refractivity contribution in [3.05, 3.63) is 57.2 Å². The van der Waals surface area contributed by atoms with Gasteiger partial charge in [-0.15, -0.1) is 0 Å². The van der Waals surface area contributed by atoms with Crippen LogP contribution in [-0.4, -0.2) is 18.3 Å². The second-order valence-electron chi connectivity index (χ2n) is 5.16. The lowest BCUT2D eigenvalue weighted by atomic mass is 10.1. The fraction of sp³-hybridized carbons (Fsp3) is 0.235.